The number of ether oxygens (including phenoxy) is 2. The lowest BCUT2D eigenvalue weighted by Crippen LogP contribution is -2.13. The summed E-state index contributed by atoms with van der Waals surface area (Å²) >= 11 is 0. The monoisotopic (exact) mass is 464 g/mol. The van der Waals surface area contributed by atoms with Crippen LogP contribution in [0.3, 0.4) is 0 Å². The Kier molecular flexibility index (Phi) is 6.12. The van der Waals surface area contributed by atoms with E-state index in [9.17, 15) is 0 Å². The number of hydrogen-bond donors (Lipinski definition) is 0. The summed E-state index contributed by atoms with van der Waals surface area (Å²) in [5.74, 6) is 4.28. The molecule has 4 heteroatoms. The van der Waals surface area contributed by atoms with E-state index in [1.54, 1.807) is 0 Å². The van der Waals surface area contributed by atoms with Gasteiger partial charge in [-0.3, -0.25) is 0 Å². The minimum Gasteiger partial charge on any atom is -0.457 e. The molecule has 0 bridgehead atoms. The Morgan fingerprint density at radius 2 is 1.00 bits per heavy atom. The molecule has 0 aliphatic carbocycles. The van der Waals surface area contributed by atoms with Crippen LogP contribution in [0.2, 0.25) is 0 Å². The smallest absolute Gasteiger partial charge is 0.133 e. The van der Waals surface area contributed by atoms with Gasteiger partial charge in [0.05, 0.1) is 0 Å². The van der Waals surface area contributed by atoms with Crippen molar-refractivity contribution in [3.8, 4) is 23.0 Å². The first-order valence-electron chi connectivity index (χ1n) is 12.0. The molecule has 2 aliphatic rings. The van der Waals surface area contributed by atoms with Gasteiger partial charge in [-0.05, 0) is 35.4 Å². The Morgan fingerprint density at radius 1 is 0.571 bits per heavy atom. The molecule has 0 amide bonds. The summed E-state index contributed by atoms with van der Waals surface area (Å²) in [5, 5.41) is 0. The van der Waals surface area contributed by atoms with Crippen molar-refractivity contribution in [3.05, 3.63) is 107 Å². The van der Waals surface area contributed by atoms with Crippen molar-refractivity contribution in [1.29, 1.82) is 0 Å². The molecule has 4 aromatic carbocycles. The fraction of sp³-hybridized carbons (Fsp3) is 0.226. The molecule has 0 aromatic heterocycles. The fourth-order valence-corrected chi connectivity index (χ4v) is 4.60. The van der Waals surface area contributed by atoms with Crippen LogP contribution >= 0.6 is 0 Å². The van der Waals surface area contributed by atoms with Gasteiger partial charge in [0.15, 0.2) is 0 Å². The lowest BCUT2D eigenvalue weighted by Gasteiger charge is -2.28. The van der Waals surface area contributed by atoms with Crippen molar-refractivity contribution < 1.29 is 9.47 Å². The molecule has 6 rings (SSSR count). The summed E-state index contributed by atoms with van der Waals surface area (Å²) in [6.07, 6.45) is 0.979. The molecule has 0 N–H and O–H groups in total. The average Bonchev–Trinajstić information content (AvgIpc) is 2.87. The van der Waals surface area contributed by atoms with Gasteiger partial charge in [0.1, 0.15) is 23.0 Å². The first kappa shape index (κ1) is 22.9. The van der Waals surface area contributed by atoms with E-state index < -0.39 is 0 Å². The number of nitrogens with zero attached hydrogens (tertiary/aromatic N) is 2. The summed E-state index contributed by atoms with van der Waals surface area (Å²) in [6, 6.07) is 29.3. The highest BCUT2D eigenvalue weighted by Gasteiger charge is 2.24. The molecule has 178 valence electrons. The normalized spacial score (nSPS) is 12.9. The lowest BCUT2D eigenvalue weighted by molar-refractivity contribution is 0.450. The SMILES string of the molecule is CC1c2ccc(N(C)C)cc2Oc2cc(N(C)C)ccc21.c1ccc2c(c1)Cc1ccccc1O2. The van der Waals surface area contributed by atoms with Gasteiger partial charge in [-0.2, -0.15) is 0 Å². The third-order valence-electron chi connectivity index (χ3n) is 6.73. The molecule has 0 radical (unpaired) electrons. The number of rotatable bonds is 2. The topological polar surface area (TPSA) is 24.9 Å². The molecule has 0 saturated carbocycles. The van der Waals surface area contributed by atoms with Crippen LogP contribution in [0.4, 0.5) is 11.4 Å². The lowest BCUT2D eigenvalue weighted by atomic mass is 9.89. The summed E-state index contributed by atoms with van der Waals surface area (Å²) in [5.41, 5.74) is 7.37. The van der Waals surface area contributed by atoms with Gasteiger partial charge in [-0.1, -0.05) is 55.5 Å². The Labute approximate surface area is 208 Å². The van der Waals surface area contributed by atoms with Gasteiger partial charge in [-0.25, -0.2) is 0 Å². The number of fused-ring (bicyclic) bond motifs is 4. The summed E-state index contributed by atoms with van der Waals surface area (Å²) in [7, 11) is 8.19. The van der Waals surface area contributed by atoms with Crippen LogP contribution in [-0.4, -0.2) is 28.2 Å². The van der Waals surface area contributed by atoms with Gasteiger partial charge >= 0.3 is 0 Å². The molecule has 0 saturated heterocycles. The zero-order valence-corrected chi connectivity index (χ0v) is 21.1. The van der Waals surface area contributed by atoms with Crippen LogP contribution in [-0.2, 0) is 6.42 Å². The highest BCUT2D eigenvalue weighted by Crippen LogP contribution is 2.46. The van der Waals surface area contributed by atoms with Crippen molar-refractivity contribution in [2.45, 2.75) is 19.3 Å². The molecular weight excluding hydrogens is 432 g/mol. The molecule has 0 unspecified atom stereocenters. The van der Waals surface area contributed by atoms with Crippen LogP contribution in [0.1, 0.15) is 35.1 Å². The van der Waals surface area contributed by atoms with Gasteiger partial charge in [0.2, 0.25) is 0 Å². The third-order valence-corrected chi connectivity index (χ3v) is 6.73. The molecule has 35 heavy (non-hydrogen) atoms. The molecule has 0 atom stereocenters. The van der Waals surface area contributed by atoms with Gasteiger partial charge < -0.3 is 19.3 Å². The minimum absolute atomic E-state index is 0.358. The largest absolute Gasteiger partial charge is 0.457 e. The Hall–Kier alpha value is -3.92. The second-order valence-electron chi connectivity index (χ2n) is 9.55. The molecule has 2 heterocycles. The second-order valence-corrected chi connectivity index (χ2v) is 9.55. The van der Waals surface area contributed by atoms with Crippen molar-refractivity contribution in [2.24, 2.45) is 0 Å². The standard InChI is InChI=1S/C18H22N2O.C13H10O/c1-12-15-8-6-13(19(2)3)10-17(15)21-18-11-14(20(4)5)7-9-16(12)18;1-3-7-12-10(5-1)9-11-6-2-4-8-13(11)14-12/h6-12H,1-5H3;1-8H,9H2. The van der Waals surface area contributed by atoms with E-state index >= 15 is 0 Å². The van der Waals surface area contributed by atoms with Crippen molar-refractivity contribution in [3.63, 3.8) is 0 Å². The van der Waals surface area contributed by atoms with Crippen LogP contribution in [0.25, 0.3) is 0 Å². The van der Waals surface area contributed by atoms with E-state index in [0.717, 1.165) is 40.8 Å². The Morgan fingerprint density at radius 3 is 1.46 bits per heavy atom. The number of hydrogen-bond acceptors (Lipinski definition) is 4. The summed E-state index contributed by atoms with van der Waals surface area (Å²) < 4.78 is 12.0. The first-order valence-corrected chi connectivity index (χ1v) is 12.0. The maximum atomic E-state index is 6.18. The zero-order valence-electron chi connectivity index (χ0n) is 21.1. The highest BCUT2D eigenvalue weighted by atomic mass is 16.5. The van der Waals surface area contributed by atoms with E-state index in [-0.39, 0.29) is 0 Å². The number of anilines is 2. The quantitative estimate of drug-likeness (QED) is 0.271. The zero-order chi connectivity index (χ0) is 24.5. The van der Waals surface area contributed by atoms with Crippen molar-refractivity contribution in [2.75, 3.05) is 38.0 Å². The van der Waals surface area contributed by atoms with E-state index in [1.807, 2.05) is 52.5 Å². The second kappa shape index (κ2) is 9.38. The molecule has 2 aliphatic heterocycles. The Bertz CT molecular complexity index is 1210. The maximum Gasteiger partial charge on any atom is 0.133 e. The van der Waals surface area contributed by atoms with Gasteiger partial charge in [0, 0.05) is 75.2 Å². The molecule has 4 aromatic rings. The van der Waals surface area contributed by atoms with Crippen LogP contribution < -0.4 is 19.3 Å². The van der Waals surface area contributed by atoms with Crippen molar-refractivity contribution in [1.82, 2.24) is 0 Å². The fourth-order valence-electron chi connectivity index (χ4n) is 4.60. The van der Waals surface area contributed by atoms with E-state index in [4.69, 9.17) is 9.47 Å². The van der Waals surface area contributed by atoms with E-state index in [2.05, 4.69) is 77.4 Å². The number of benzene rings is 4. The summed E-state index contributed by atoms with van der Waals surface area (Å²) in [4.78, 5) is 4.19. The van der Waals surface area contributed by atoms with Crippen LogP contribution in [0.5, 0.6) is 23.0 Å². The average molecular weight is 465 g/mol. The predicted molar refractivity (Wildman–Crippen MR) is 145 cm³/mol. The van der Waals surface area contributed by atoms with E-state index in [1.165, 1.54) is 22.3 Å². The van der Waals surface area contributed by atoms with Crippen molar-refractivity contribution >= 4 is 11.4 Å². The predicted octanol–water partition coefficient (Wildman–Crippen LogP) is 7.46. The van der Waals surface area contributed by atoms with Crippen LogP contribution in [0, 0.1) is 0 Å². The van der Waals surface area contributed by atoms with E-state index in [0.29, 0.717) is 5.92 Å². The number of para-hydroxylation sites is 2. The molecule has 4 nitrogen and oxygen atoms in total. The summed E-state index contributed by atoms with van der Waals surface area (Å²) in [6.45, 7) is 2.24. The molecule has 0 fully saturated rings. The Balaban J connectivity index is 0.000000156. The highest BCUT2D eigenvalue weighted by molar-refractivity contribution is 5.63. The third kappa shape index (κ3) is 4.57. The van der Waals surface area contributed by atoms with Gasteiger partial charge in [-0.15, -0.1) is 0 Å². The minimum atomic E-state index is 0.358. The molecular formula is C31H32N2O2. The van der Waals surface area contributed by atoms with Crippen LogP contribution in [0.15, 0.2) is 84.9 Å². The first-order chi connectivity index (χ1) is 16.9. The molecule has 0 spiro atoms. The van der Waals surface area contributed by atoms with Gasteiger partial charge in [0.25, 0.3) is 0 Å². The maximum absolute atomic E-state index is 6.18.